The van der Waals surface area contributed by atoms with Gasteiger partial charge >= 0.3 is 11.7 Å². The Labute approximate surface area is 108 Å². The number of nitriles is 1. The fourth-order valence-corrected chi connectivity index (χ4v) is 1.48. The largest absolute Gasteiger partial charge is 0.481 e. The number of aromatic nitrogens is 1. The third-order valence-electron chi connectivity index (χ3n) is 2.44. The maximum atomic E-state index is 10.6. The first-order valence-electron chi connectivity index (χ1n) is 5.51. The van der Waals surface area contributed by atoms with Gasteiger partial charge in [-0.05, 0) is 12.5 Å². The Kier molecular flexibility index (Phi) is 4.76. The van der Waals surface area contributed by atoms with Crippen molar-refractivity contribution in [1.82, 2.24) is 4.98 Å². The highest BCUT2D eigenvalue weighted by Gasteiger charge is 2.17. The van der Waals surface area contributed by atoms with Crippen LogP contribution in [0.1, 0.15) is 25.5 Å². The highest BCUT2D eigenvalue weighted by molar-refractivity contribution is 5.68. The van der Waals surface area contributed by atoms with E-state index in [1.54, 1.807) is 13.0 Å². The molecule has 0 aliphatic heterocycles. The van der Waals surface area contributed by atoms with Gasteiger partial charge in [-0.25, -0.2) is 4.98 Å². The molecule has 0 amide bonds. The molecule has 1 atom stereocenters. The van der Waals surface area contributed by atoms with E-state index in [1.165, 1.54) is 12.1 Å². The summed E-state index contributed by atoms with van der Waals surface area (Å²) in [7, 11) is 0. The lowest BCUT2D eigenvalue weighted by Crippen LogP contribution is -2.22. The van der Waals surface area contributed by atoms with Crippen molar-refractivity contribution < 1.29 is 14.8 Å². The molecule has 0 spiro atoms. The summed E-state index contributed by atoms with van der Waals surface area (Å²) in [5, 5.41) is 31.0. The summed E-state index contributed by atoms with van der Waals surface area (Å²) < 4.78 is 0. The average molecular weight is 264 g/mol. The predicted octanol–water partition coefficient (Wildman–Crippen LogP) is 1.53. The van der Waals surface area contributed by atoms with Crippen molar-refractivity contribution in [3.63, 3.8) is 0 Å². The fourth-order valence-electron chi connectivity index (χ4n) is 1.48. The number of hydrogen-bond donors (Lipinski definition) is 2. The quantitative estimate of drug-likeness (QED) is 0.588. The topological polar surface area (TPSA) is 129 Å². The molecule has 0 aliphatic rings. The second-order valence-corrected chi connectivity index (χ2v) is 3.78. The van der Waals surface area contributed by atoms with E-state index in [0.717, 1.165) is 0 Å². The summed E-state index contributed by atoms with van der Waals surface area (Å²) in [4.78, 5) is 24.4. The SMILES string of the molecule is CCC(CC(=O)O)Nc1ccc([N+](=O)[O-])c(C#N)n1. The van der Waals surface area contributed by atoms with Crippen LogP contribution >= 0.6 is 0 Å². The smallest absolute Gasteiger partial charge is 0.305 e. The highest BCUT2D eigenvalue weighted by atomic mass is 16.6. The molecule has 0 saturated carbocycles. The summed E-state index contributed by atoms with van der Waals surface area (Å²) in [6.07, 6.45) is 0.448. The Morgan fingerprint density at radius 2 is 2.37 bits per heavy atom. The monoisotopic (exact) mass is 264 g/mol. The van der Waals surface area contributed by atoms with Crippen molar-refractivity contribution in [2.24, 2.45) is 0 Å². The number of aliphatic carboxylic acids is 1. The molecule has 0 radical (unpaired) electrons. The minimum Gasteiger partial charge on any atom is -0.481 e. The van der Waals surface area contributed by atoms with Crippen LogP contribution in [0.25, 0.3) is 0 Å². The molecule has 19 heavy (non-hydrogen) atoms. The van der Waals surface area contributed by atoms with Gasteiger partial charge in [0.25, 0.3) is 0 Å². The van der Waals surface area contributed by atoms with Gasteiger partial charge in [0.15, 0.2) is 0 Å². The van der Waals surface area contributed by atoms with Crippen LogP contribution in [0.15, 0.2) is 12.1 Å². The number of carbonyl (C=O) groups is 1. The van der Waals surface area contributed by atoms with Gasteiger partial charge in [-0.1, -0.05) is 6.92 Å². The molecule has 1 rings (SSSR count). The summed E-state index contributed by atoms with van der Waals surface area (Å²) >= 11 is 0. The van der Waals surface area contributed by atoms with Gasteiger partial charge in [-0.15, -0.1) is 0 Å². The minimum atomic E-state index is -0.957. The molecule has 100 valence electrons. The molecule has 8 heteroatoms. The standard InChI is InChI=1S/C11H12N4O4/c1-2-7(5-11(16)17)13-10-4-3-9(15(18)19)8(6-12)14-10/h3-4,7H,2,5H2,1H3,(H,13,14)(H,16,17). The molecule has 2 N–H and O–H groups in total. The number of rotatable bonds is 6. The van der Waals surface area contributed by atoms with E-state index in [0.29, 0.717) is 6.42 Å². The molecule has 0 aromatic carbocycles. The zero-order valence-electron chi connectivity index (χ0n) is 10.2. The fraction of sp³-hybridized carbons (Fsp3) is 0.364. The lowest BCUT2D eigenvalue weighted by atomic mass is 10.1. The molecule has 0 aliphatic carbocycles. The molecule has 1 aromatic heterocycles. The van der Waals surface area contributed by atoms with Crippen molar-refractivity contribution in [1.29, 1.82) is 5.26 Å². The van der Waals surface area contributed by atoms with Crippen molar-refractivity contribution in [3.05, 3.63) is 27.9 Å². The number of nitro groups is 1. The highest BCUT2D eigenvalue weighted by Crippen LogP contribution is 2.19. The van der Waals surface area contributed by atoms with E-state index in [9.17, 15) is 14.9 Å². The number of pyridine rings is 1. The van der Waals surface area contributed by atoms with Crippen LogP contribution < -0.4 is 5.32 Å². The Hall–Kier alpha value is -2.69. The molecular formula is C11H12N4O4. The zero-order valence-corrected chi connectivity index (χ0v) is 10.2. The third kappa shape index (κ3) is 3.92. The minimum absolute atomic E-state index is 0.100. The summed E-state index contributed by atoms with van der Waals surface area (Å²) in [6, 6.07) is 3.81. The van der Waals surface area contributed by atoms with Crippen LogP contribution in [0.3, 0.4) is 0 Å². The number of nitrogens with zero attached hydrogens (tertiary/aromatic N) is 3. The normalized spacial score (nSPS) is 11.4. The molecule has 8 nitrogen and oxygen atoms in total. The third-order valence-corrected chi connectivity index (χ3v) is 2.44. The van der Waals surface area contributed by atoms with Crippen molar-refractivity contribution >= 4 is 17.5 Å². The van der Waals surface area contributed by atoms with Gasteiger partial charge in [0, 0.05) is 12.1 Å². The summed E-state index contributed by atoms with van der Waals surface area (Å²) in [6.45, 7) is 1.80. The van der Waals surface area contributed by atoms with Crippen LogP contribution in [0.5, 0.6) is 0 Å². The van der Waals surface area contributed by atoms with Gasteiger partial charge in [-0.3, -0.25) is 14.9 Å². The van der Waals surface area contributed by atoms with E-state index in [2.05, 4.69) is 10.3 Å². The van der Waals surface area contributed by atoms with Crippen LogP contribution in [-0.4, -0.2) is 27.0 Å². The summed E-state index contributed by atoms with van der Waals surface area (Å²) in [5.41, 5.74) is -0.681. The number of hydrogen-bond acceptors (Lipinski definition) is 6. The first kappa shape index (κ1) is 14.4. The lowest BCUT2D eigenvalue weighted by Gasteiger charge is -2.15. The van der Waals surface area contributed by atoms with Crippen molar-refractivity contribution in [2.45, 2.75) is 25.8 Å². The van der Waals surface area contributed by atoms with Gasteiger partial charge < -0.3 is 10.4 Å². The number of anilines is 1. The number of nitrogens with one attached hydrogen (secondary N) is 1. The first-order chi connectivity index (χ1) is 8.97. The van der Waals surface area contributed by atoms with E-state index in [4.69, 9.17) is 10.4 Å². The number of carboxylic acid groups (broad SMARTS) is 1. The van der Waals surface area contributed by atoms with Gasteiger partial charge in [0.1, 0.15) is 11.9 Å². The maximum Gasteiger partial charge on any atom is 0.305 e. The average Bonchev–Trinajstić information content (AvgIpc) is 2.36. The molecule has 0 bridgehead atoms. The van der Waals surface area contributed by atoms with E-state index >= 15 is 0 Å². The first-order valence-corrected chi connectivity index (χ1v) is 5.51. The van der Waals surface area contributed by atoms with Gasteiger partial charge in [0.2, 0.25) is 5.69 Å². The van der Waals surface area contributed by atoms with Gasteiger partial charge in [-0.2, -0.15) is 5.26 Å². The second kappa shape index (κ2) is 6.30. The predicted molar refractivity (Wildman–Crippen MR) is 65.6 cm³/mol. The number of carboxylic acids is 1. The van der Waals surface area contributed by atoms with E-state index in [1.807, 2.05) is 0 Å². The second-order valence-electron chi connectivity index (χ2n) is 3.78. The molecular weight excluding hydrogens is 252 g/mol. The maximum absolute atomic E-state index is 10.6. The molecule has 1 aromatic rings. The van der Waals surface area contributed by atoms with Crippen LogP contribution in [0.2, 0.25) is 0 Å². The van der Waals surface area contributed by atoms with Crippen LogP contribution in [-0.2, 0) is 4.79 Å². The summed E-state index contributed by atoms with van der Waals surface area (Å²) in [5.74, 6) is -0.711. The Morgan fingerprint density at radius 1 is 1.68 bits per heavy atom. The molecule has 0 saturated heterocycles. The Bertz CT molecular complexity index is 538. The van der Waals surface area contributed by atoms with Crippen LogP contribution in [0.4, 0.5) is 11.5 Å². The lowest BCUT2D eigenvalue weighted by molar-refractivity contribution is -0.385. The van der Waals surface area contributed by atoms with Crippen molar-refractivity contribution in [3.8, 4) is 6.07 Å². The molecule has 1 unspecified atom stereocenters. The van der Waals surface area contributed by atoms with Gasteiger partial charge in [0.05, 0.1) is 11.3 Å². The van der Waals surface area contributed by atoms with Crippen molar-refractivity contribution in [2.75, 3.05) is 5.32 Å². The Balaban J connectivity index is 2.94. The molecule has 0 fully saturated rings. The Morgan fingerprint density at radius 3 is 2.84 bits per heavy atom. The van der Waals surface area contributed by atoms with Crippen LogP contribution in [0, 0.1) is 21.4 Å². The molecule has 1 heterocycles. The van der Waals surface area contributed by atoms with E-state index < -0.39 is 10.9 Å². The zero-order chi connectivity index (χ0) is 14.4. The van der Waals surface area contributed by atoms with E-state index in [-0.39, 0.29) is 29.7 Å².